The first-order valence-electron chi connectivity index (χ1n) is 29.2. The Hall–Kier alpha value is -4.85. The second-order valence-electron chi connectivity index (χ2n) is 27.5. The van der Waals surface area contributed by atoms with Crippen molar-refractivity contribution < 1.29 is 28.4 Å². The summed E-state index contributed by atoms with van der Waals surface area (Å²) < 4.78 is 46.9. The van der Waals surface area contributed by atoms with Gasteiger partial charge in [0.1, 0.15) is 60.9 Å². The van der Waals surface area contributed by atoms with Crippen LogP contribution in [-0.4, -0.2) is 101 Å². The number of fused-ring (bicyclic) bond motifs is 4. The molecule has 0 spiro atoms. The maximum atomic E-state index is 10.9. The highest BCUT2D eigenvalue weighted by molar-refractivity contribution is 9.10. The lowest BCUT2D eigenvalue weighted by atomic mass is 9.79. The molecule has 8 rings (SSSR count). The normalized spacial score (nSPS) is 13.9. The van der Waals surface area contributed by atoms with Crippen LogP contribution in [0.15, 0.2) is 82.0 Å². The number of halogens is 2. The topological polar surface area (TPSA) is 148 Å². The highest BCUT2D eigenvalue weighted by Gasteiger charge is 2.42. The lowest BCUT2D eigenvalue weighted by molar-refractivity contribution is 0.0867. The quantitative estimate of drug-likeness (QED) is 0.0379. The molecule has 4 heterocycles. The molecule has 0 amide bonds. The first-order valence-corrected chi connectivity index (χ1v) is 45.6. The van der Waals surface area contributed by atoms with E-state index < -0.39 is 43.1 Å². The fourth-order valence-corrected chi connectivity index (χ4v) is 14.3. The van der Waals surface area contributed by atoms with E-state index in [-0.39, 0.29) is 0 Å². The predicted octanol–water partition coefficient (Wildman–Crippen LogP) is 17.0. The molecule has 84 heavy (non-hydrogen) atoms. The minimum Gasteiger partial charge on any atom is -0.496 e. The summed E-state index contributed by atoms with van der Waals surface area (Å²) in [6.07, 6.45) is 4.10. The molecule has 2 atom stereocenters. The van der Waals surface area contributed by atoms with Gasteiger partial charge >= 0.3 is 0 Å². The van der Waals surface area contributed by atoms with E-state index in [1.54, 1.807) is 14.2 Å². The first kappa shape index (κ1) is 66.7. The molecule has 0 saturated carbocycles. The predicted molar refractivity (Wildman–Crippen MR) is 362 cm³/mol. The summed E-state index contributed by atoms with van der Waals surface area (Å²) in [5.41, 5.74) is 7.03. The molecule has 0 bridgehead atoms. The van der Waals surface area contributed by atoms with Crippen molar-refractivity contribution in [2.45, 2.75) is 168 Å². The highest BCUT2D eigenvalue weighted by Crippen LogP contribution is 2.46. The number of nitriles is 2. The van der Waals surface area contributed by atoms with Crippen LogP contribution in [0.5, 0.6) is 11.5 Å². The SMILES string of the molecule is COc1cc(C)c2c(ccn2COCC[Si](C)(C)C)c1C(C)(C#N)c1nc2cc(Br)ccc2n1COCC[Si](C)(C)C.COc1cc(C)c2c(ccn2COCC[Si](C)(C)C)c1C(C)(C#N)c1nc2ccc(Br)cc2n1COCC[Si](C)(C)C. The maximum Gasteiger partial charge on any atom is 0.141 e. The van der Waals surface area contributed by atoms with Crippen molar-refractivity contribution in [2.24, 2.45) is 0 Å². The number of ether oxygens (including phenoxy) is 6. The van der Waals surface area contributed by atoms with E-state index in [1.165, 1.54) is 0 Å². The van der Waals surface area contributed by atoms with Crippen LogP contribution in [0.1, 0.15) is 47.8 Å². The zero-order chi connectivity index (χ0) is 61.7. The molecule has 4 aromatic heterocycles. The van der Waals surface area contributed by atoms with Crippen LogP contribution >= 0.6 is 31.9 Å². The number of rotatable bonds is 26. The van der Waals surface area contributed by atoms with E-state index in [2.05, 4.69) is 167 Å². The van der Waals surface area contributed by atoms with Gasteiger partial charge in [-0.3, -0.25) is 0 Å². The van der Waals surface area contributed by atoms with Crippen molar-refractivity contribution in [1.82, 2.24) is 28.2 Å². The molecule has 20 heteroatoms. The van der Waals surface area contributed by atoms with Gasteiger partial charge in [-0.2, -0.15) is 10.5 Å². The van der Waals surface area contributed by atoms with Gasteiger partial charge in [-0.25, -0.2) is 9.97 Å². The van der Waals surface area contributed by atoms with Crippen molar-refractivity contribution in [2.75, 3.05) is 40.6 Å². The van der Waals surface area contributed by atoms with Crippen LogP contribution in [0.3, 0.4) is 0 Å². The van der Waals surface area contributed by atoms with Gasteiger partial charge in [-0.05, 0) is 124 Å². The lowest BCUT2D eigenvalue weighted by Crippen LogP contribution is -2.28. The number of hydrogen-bond donors (Lipinski definition) is 0. The van der Waals surface area contributed by atoms with E-state index in [0.29, 0.717) is 63.3 Å². The molecular weight excluding hydrogens is 1250 g/mol. The molecule has 452 valence electrons. The maximum absolute atomic E-state index is 10.9. The smallest absolute Gasteiger partial charge is 0.141 e. The zero-order valence-electron chi connectivity index (χ0n) is 53.2. The van der Waals surface area contributed by atoms with Gasteiger partial charge in [-0.15, -0.1) is 0 Å². The van der Waals surface area contributed by atoms with Gasteiger partial charge in [-0.1, -0.05) is 110 Å². The summed E-state index contributed by atoms with van der Waals surface area (Å²) in [6, 6.07) is 29.9. The third-order valence-corrected chi connectivity index (χ3v) is 23.3. The molecule has 0 aliphatic carbocycles. The van der Waals surface area contributed by atoms with Gasteiger partial charge in [0, 0.05) is 102 Å². The summed E-state index contributed by atoms with van der Waals surface area (Å²) in [7, 11) is -1.55. The monoisotopic (exact) mass is 1340 g/mol. The van der Waals surface area contributed by atoms with Crippen LogP contribution in [0.25, 0.3) is 43.9 Å². The summed E-state index contributed by atoms with van der Waals surface area (Å²) in [6.45, 7) is 40.6. The van der Waals surface area contributed by atoms with Crippen molar-refractivity contribution in [3.63, 3.8) is 0 Å². The Morgan fingerprint density at radius 3 is 1.25 bits per heavy atom. The molecule has 2 unspecified atom stereocenters. The first-order chi connectivity index (χ1) is 39.4. The largest absolute Gasteiger partial charge is 0.496 e. The van der Waals surface area contributed by atoms with E-state index in [4.69, 9.17) is 38.4 Å². The van der Waals surface area contributed by atoms with Gasteiger partial charge in [0.25, 0.3) is 0 Å². The van der Waals surface area contributed by atoms with Crippen LogP contribution in [0.2, 0.25) is 103 Å². The molecule has 14 nitrogen and oxygen atoms in total. The molecule has 0 fully saturated rings. The standard InChI is InChI=1S/2C32H45BrN4O3Si2/c1-23-18-28(38-3)29(25-12-13-36(30(23)25)21-39-14-16-41(4,5)6)32(2,20-34)31-35-26-19-24(33)10-11-27(26)37(31)22-40-15-17-42(7,8)9;1-23-18-28(38-3)29(25-12-13-36(30(23)25)21-39-14-16-41(4,5)6)32(2,20-34)31-35-26-11-10-24(33)19-27(26)37(31)22-40-15-17-42(7,8)9/h2*10-13,18-19H,14-17,21-22H2,1-9H3. The van der Waals surface area contributed by atoms with E-state index >= 15 is 0 Å². The fraction of sp³-hybridized carbons (Fsp3) is 0.500. The second-order valence-corrected chi connectivity index (χ2v) is 51.8. The second kappa shape index (κ2) is 27.0. The van der Waals surface area contributed by atoms with Gasteiger partial charge in [0.15, 0.2) is 0 Å². The third kappa shape index (κ3) is 15.6. The van der Waals surface area contributed by atoms with E-state index in [1.807, 2.05) is 74.8 Å². The third-order valence-electron chi connectivity index (χ3n) is 15.5. The van der Waals surface area contributed by atoms with Crippen LogP contribution in [0, 0.1) is 36.5 Å². The average Bonchev–Trinajstić information content (AvgIpc) is 1.79. The molecule has 0 radical (unpaired) electrons. The van der Waals surface area contributed by atoms with Gasteiger partial charge in [0.2, 0.25) is 0 Å². The molecule has 0 saturated heterocycles. The van der Waals surface area contributed by atoms with Crippen LogP contribution in [-0.2, 0) is 56.7 Å². The van der Waals surface area contributed by atoms with E-state index in [0.717, 1.165) is 112 Å². The molecule has 8 aromatic rings. The Morgan fingerprint density at radius 2 is 0.857 bits per heavy atom. The Kier molecular flexibility index (Phi) is 21.5. The molecule has 0 aliphatic heterocycles. The highest BCUT2D eigenvalue weighted by atomic mass is 79.9. The summed E-state index contributed by atoms with van der Waals surface area (Å²) >= 11 is 7.22. The number of aromatic nitrogens is 6. The van der Waals surface area contributed by atoms with Crippen molar-refractivity contribution >= 4 is 108 Å². The van der Waals surface area contributed by atoms with Crippen molar-refractivity contribution in [1.29, 1.82) is 10.5 Å². The zero-order valence-corrected chi connectivity index (χ0v) is 60.4. The Morgan fingerprint density at radius 1 is 0.488 bits per heavy atom. The van der Waals surface area contributed by atoms with Crippen LogP contribution < -0.4 is 9.47 Å². The number of nitrogens with zero attached hydrogens (tertiary/aromatic N) is 8. The number of methoxy groups -OCH3 is 2. The molecule has 0 aliphatic rings. The lowest BCUT2D eigenvalue weighted by Gasteiger charge is -2.27. The average molecular weight is 1340 g/mol. The Labute approximate surface area is 520 Å². The molecule has 0 N–H and O–H groups in total. The number of imidazole rings is 2. The minimum absolute atomic E-state index is 0.313. The van der Waals surface area contributed by atoms with Gasteiger partial charge in [0.05, 0.1) is 59.5 Å². The van der Waals surface area contributed by atoms with Crippen molar-refractivity contribution in [3.05, 3.63) is 116 Å². The number of benzene rings is 4. The summed E-state index contributed by atoms with van der Waals surface area (Å²) in [5.74, 6) is 2.60. The number of hydrogen-bond acceptors (Lipinski definition) is 10. The van der Waals surface area contributed by atoms with Crippen LogP contribution in [0.4, 0.5) is 0 Å². The molecular formula is C64H90Br2N8O6Si4. The van der Waals surface area contributed by atoms with E-state index in [9.17, 15) is 10.5 Å². The van der Waals surface area contributed by atoms with Gasteiger partial charge < -0.3 is 46.7 Å². The minimum atomic E-state index is -1.26. The van der Waals surface area contributed by atoms with Crippen molar-refractivity contribution in [3.8, 4) is 23.6 Å². The summed E-state index contributed by atoms with van der Waals surface area (Å²) in [5, 5.41) is 23.8. The molecule has 4 aromatic carbocycles. The fourth-order valence-electron chi connectivity index (χ4n) is 10.5. The summed E-state index contributed by atoms with van der Waals surface area (Å²) in [4.78, 5) is 10.1. The number of aryl methyl sites for hydroxylation is 2. The Bertz CT molecular complexity index is 3570. The Balaban J connectivity index is 0.000000241.